The topological polar surface area (TPSA) is 23.5 Å². The molecule has 1 aliphatic rings. The van der Waals surface area contributed by atoms with Crippen LogP contribution in [0.5, 0.6) is 0 Å². The van der Waals surface area contributed by atoms with E-state index in [1.54, 1.807) is 0 Å². The lowest BCUT2D eigenvalue weighted by Gasteiger charge is -2.10. The molecule has 0 saturated carbocycles. The van der Waals surface area contributed by atoms with Crippen LogP contribution in [0.2, 0.25) is 0 Å². The predicted octanol–water partition coefficient (Wildman–Crippen LogP) is 0.797. The van der Waals surface area contributed by atoms with E-state index in [0.29, 0.717) is 0 Å². The van der Waals surface area contributed by atoms with Crippen molar-refractivity contribution in [3.8, 4) is 0 Å². The maximum atomic E-state index is 8.93. The molecule has 1 aliphatic carbocycles. The molecule has 11 heavy (non-hydrogen) atoms. The van der Waals surface area contributed by atoms with Crippen LogP contribution < -0.4 is 0 Å². The number of allylic oxidation sites excluding steroid dienone is 1. The summed E-state index contributed by atoms with van der Waals surface area (Å²) in [5.41, 5.74) is 2.44. The molecule has 0 radical (unpaired) electrons. The van der Waals surface area contributed by atoms with Crippen LogP contribution in [-0.4, -0.2) is 37.3 Å². The van der Waals surface area contributed by atoms with Crippen molar-refractivity contribution in [3.05, 3.63) is 23.3 Å². The first-order chi connectivity index (χ1) is 5.24. The fourth-order valence-electron chi connectivity index (χ4n) is 1.26. The highest BCUT2D eigenvalue weighted by molar-refractivity contribution is 5.35. The summed E-state index contributed by atoms with van der Waals surface area (Å²) in [6.07, 6.45) is 5.13. The minimum Gasteiger partial charge on any atom is -0.392 e. The van der Waals surface area contributed by atoms with Crippen molar-refractivity contribution in [2.45, 2.75) is 6.42 Å². The van der Waals surface area contributed by atoms with Crippen LogP contribution >= 0.6 is 0 Å². The molecule has 0 aliphatic heterocycles. The summed E-state index contributed by atoms with van der Waals surface area (Å²) < 4.78 is 0. The number of hydrogen-bond donors (Lipinski definition) is 1. The minimum atomic E-state index is 0.205. The van der Waals surface area contributed by atoms with E-state index in [1.807, 2.05) is 14.1 Å². The molecular formula is C9H15NO. The van der Waals surface area contributed by atoms with Crippen LogP contribution in [0.4, 0.5) is 0 Å². The summed E-state index contributed by atoms with van der Waals surface area (Å²) in [7, 11) is 4.07. The summed E-state index contributed by atoms with van der Waals surface area (Å²) in [6.45, 7) is 1.14. The molecular weight excluding hydrogens is 138 g/mol. The molecule has 0 fully saturated rings. The van der Waals surface area contributed by atoms with Gasteiger partial charge in [-0.15, -0.1) is 0 Å². The van der Waals surface area contributed by atoms with E-state index in [1.165, 1.54) is 11.1 Å². The molecule has 0 aromatic carbocycles. The normalized spacial score (nSPS) is 17.1. The van der Waals surface area contributed by atoms with E-state index in [9.17, 15) is 0 Å². The SMILES string of the molecule is CN(C)CC1=C(CO)CC=C1. The van der Waals surface area contributed by atoms with Crippen LogP contribution in [0.3, 0.4) is 0 Å². The molecule has 1 N–H and O–H groups in total. The van der Waals surface area contributed by atoms with E-state index in [0.717, 1.165) is 13.0 Å². The van der Waals surface area contributed by atoms with Crippen LogP contribution in [0.15, 0.2) is 23.3 Å². The zero-order chi connectivity index (χ0) is 8.27. The Balaban J connectivity index is 2.59. The van der Waals surface area contributed by atoms with Crippen molar-refractivity contribution < 1.29 is 5.11 Å². The Hall–Kier alpha value is -0.600. The number of nitrogens with zero attached hydrogens (tertiary/aromatic N) is 1. The zero-order valence-electron chi connectivity index (χ0n) is 7.17. The van der Waals surface area contributed by atoms with Crippen LogP contribution in [-0.2, 0) is 0 Å². The van der Waals surface area contributed by atoms with Gasteiger partial charge in [-0.05, 0) is 31.7 Å². The Morgan fingerprint density at radius 2 is 2.27 bits per heavy atom. The highest BCUT2D eigenvalue weighted by Gasteiger charge is 2.07. The monoisotopic (exact) mass is 153 g/mol. The number of aliphatic hydroxyl groups is 1. The van der Waals surface area contributed by atoms with Crippen molar-refractivity contribution >= 4 is 0 Å². The Labute approximate surface area is 67.8 Å². The molecule has 0 heterocycles. The van der Waals surface area contributed by atoms with Crippen LogP contribution in [0.25, 0.3) is 0 Å². The third-order valence-corrected chi connectivity index (χ3v) is 1.81. The first-order valence-electron chi connectivity index (χ1n) is 3.87. The minimum absolute atomic E-state index is 0.205. The predicted molar refractivity (Wildman–Crippen MR) is 46.4 cm³/mol. The van der Waals surface area contributed by atoms with E-state index in [2.05, 4.69) is 17.1 Å². The van der Waals surface area contributed by atoms with Crippen LogP contribution in [0.1, 0.15) is 6.42 Å². The van der Waals surface area contributed by atoms with Gasteiger partial charge < -0.3 is 10.0 Å². The molecule has 0 aromatic rings. The average molecular weight is 153 g/mol. The smallest absolute Gasteiger partial charge is 0.0650 e. The van der Waals surface area contributed by atoms with E-state index < -0.39 is 0 Å². The van der Waals surface area contributed by atoms with Crippen molar-refractivity contribution in [2.75, 3.05) is 27.2 Å². The Morgan fingerprint density at radius 3 is 2.82 bits per heavy atom. The Kier molecular flexibility index (Phi) is 2.85. The second kappa shape index (κ2) is 3.69. The number of hydrogen-bond acceptors (Lipinski definition) is 2. The molecule has 2 nitrogen and oxygen atoms in total. The fraction of sp³-hybridized carbons (Fsp3) is 0.556. The van der Waals surface area contributed by atoms with Gasteiger partial charge in [-0.3, -0.25) is 0 Å². The highest BCUT2D eigenvalue weighted by atomic mass is 16.3. The van der Waals surface area contributed by atoms with Crippen LogP contribution in [0, 0.1) is 0 Å². The van der Waals surface area contributed by atoms with Crippen molar-refractivity contribution in [3.63, 3.8) is 0 Å². The van der Waals surface area contributed by atoms with E-state index in [4.69, 9.17) is 5.11 Å². The lowest BCUT2D eigenvalue weighted by Crippen LogP contribution is -2.15. The summed E-state index contributed by atoms with van der Waals surface area (Å²) in [5.74, 6) is 0. The quantitative estimate of drug-likeness (QED) is 0.648. The Bertz CT molecular complexity index is 192. The second-order valence-electron chi connectivity index (χ2n) is 3.13. The third kappa shape index (κ3) is 2.17. The largest absolute Gasteiger partial charge is 0.392 e. The molecule has 2 heteroatoms. The van der Waals surface area contributed by atoms with E-state index in [-0.39, 0.29) is 6.61 Å². The van der Waals surface area contributed by atoms with Gasteiger partial charge in [-0.1, -0.05) is 12.2 Å². The Morgan fingerprint density at radius 1 is 1.55 bits per heavy atom. The van der Waals surface area contributed by atoms with Gasteiger partial charge in [-0.2, -0.15) is 0 Å². The molecule has 1 rings (SSSR count). The highest BCUT2D eigenvalue weighted by Crippen LogP contribution is 2.18. The lowest BCUT2D eigenvalue weighted by molar-refractivity contribution is 0.327. The summed E-state index contributed by atoms with van der Waals surface area (Å²) in [5, 5.41) is 8.93. The maximum Gasteiger partial charge on any atom is 0.0650 e. The first-order valence-corrected chi connectivity index (χ1v) is 3.87. The van der Waals surface area contributed by atoms with Gasteiger partial charge in [0.1, 0.15) is 0 Å². The average Bonchev–Trinajstić information content (AvgIpc) is 2.34. The molecule has 0 unspecified atom stereocenters. The van der Waals surface area contributed by atoms with Gasteiger partial charge >= 0.3 is 0 Å². The summed E-state index contributed by atoms with van der Waals surface area (Å²) in [6, 6.07) is 0. The fourth-order valence-corrected chi connectivity index (χ4v) is 1.26. The van der Waals surface area contributed by atoms with Gasteiger partial charge in [0.2, 0.25) is 0 Å². The van der Waals surface area contributed by atoms with Gasteiger partial charge in [0.25, 0.3) is 0 Å². The van der Waals surface area contributed by atoms with Crippen molar-refractivity contribution in [1.82, 2.24) is 4.90 Å². The molecule has 62 valence electrons. The summed E-state index contributed by atoms with van der Waals surface area (Å²) in [4.78, 5) is 2.11. The molecule has 0 saturated heterocycles. The molecule has 0 amide bonds. The number of aliphatic hydroxyl groups excluding tert-OH is 1. The van der Waals surface area contributed by atoms with Gasteiger partial charge in [0.05, 0.1) is 6.61 Å². The standard InChI is InChI=1S/C9H15NO/c1-10(2)6-8-4-3-5-9(8)7-11/h3-4,11H,5-7H2,1-2H3. The zero-order valence-corrected chi connectivity index (χ0v) is 7.17. The third-order valence-electron chi connectivity index (χ3n) is 1.81. The maximum absolute atomic E-state index is 8.93. The van der Waals surface area contributed by atoms with Crippen molar-refractivity contribution in [1.29, 1.82) is 0 Å². The molecule has 0 aromatic heterocycles. The van der Waals surface area contributed by atoms with Gasteiger partial charge in [0, 0.05) is 6.54 Å². The molecule has 0 spiro atoms. The number of rotatable bonds is 3. The number of likely N-dealkylation sites (N-methyl/N-ethyl adjacent to an activating group) is 1. The summed E-state index contributed by atoms with van der Waals surface area (Å²) >= 11 is 0. The van der Waals surface area contributed by atoms with Gasteiger partial charge in [-0.25, -0.2) is 0 Å². The lowest BCUT2D eigenvalue weighted by atomic mass is 10.1. The first kappa shape index (κ1) is 8.50. The van der Waals surface area contributed by atoms with Gasteiger partial charge in [0.15, 0.2) is 0 Å². The molecule has 0 atom stereocenters. The molecule has 0 bridgehead atoms. The van der Waals surface area contributed by atoms with E-state index >= 15 is 0 Å². The second-order valence-corrected chi connectivity index (χ2v) is 3.13. The van der Waals surface area contributed by atoms with Crippen molar-refractivity contribution in [2.24, 2.45) is 0 Å².